The lowest BCUT2D eigenvalue weighted by molar-refractivity contribution is -0.194. The van der Waals surface area contributed by atoms with Crippen LogP contribution in [0.3, 0.4) is 0 Å². The van der Waals surface area contributed by atoms with Crippen molar-refractivity contribution < 1.29 is 4.74 Å². The summed E-state index contributed by atoms with van der Waals surface area (Å²) in [5.74, 6) is 0.659. The summed E-state index contributed by atoms with van der Waals surface area (Å²) >= 11 is 0. The molecule has 1 aliphatic carbocycles. The monoisotopic (exact) mass is 236 g/mol. The maximum absolute atomic E-state index is 8.82. The smallest absolute Gasteiger partial charge is 0.0684 e. The summed E-state index contributed by atoms with van der Waals surface area (Å²) in [6, 6.07) is 3.14. The molecule has 0 bridgehead atoms. The van der Waals surface area contributed by atoms with Gasteiger partial charge in [-0.15, -0.1) is 0 Å². The first-order chi connectivity index (χ1) is 8.11. The van der Waals surface area contributed by atoms with Gasteiger partial charge in [0.1, 0.15) is 0 Å². The Morgan fingerprint density at radius 1 is 1.53 bits per heavy atom. The molecular weight excluding hydrogens is 212 g/mol. The van der Waals surface area contributed by atoms with Crippen molar-refractivity contribution in [2.24, 2.45) is 11.3 Å². The number of ether oxygens (including phenoxy) is 1. The van der Waals surface area contributed by atoms with Crippen LogP contribution in [0.25, 0.3) is 0 Å². The molecule has 2 rings (SSSR count). The number of rotatable bonds is 4. The van der Waals surface area contributed by atoms with Gasteiger partial charge in [-0.3, -0.25) is 0 Å². The van der Waals surface area contributed by atoms with Crippen LogP contribution in [0.4, 0.5) is 0 Å². The molecule has 4 unspecified atom stereocenters. The van der Waals surface area contributed by atoms with Crippen molar-refractivity contribution in [3.63, 3.8) is 0 Å². The van der Waals surface area contributed by atoms with Crippen molar-refractivity contribution >= 4 is 0 Å². The van der Waals surface area contributed by atoms with E-state index in [1.165, 1.54) is 12.8 Å². The fraction of sp³-hybridized carbons (Fsp3) is 0.929. The molecule has 0 aromatic heterocycles. The van der Waals surface area contributed by atoms with Crippen LogP contribution in [0.1, 0.15) is 46.5 Å². The van der Waals surface area contributed by atoms with Crippen LogP contribution in [0.5, 0.6) is 0 Å². The normalized spacial score (nSPS) is 36.5. The summed E-state index contributed by atoms with van der Waals surface area (Å²) in [6.45, 7) is 7.65. The van der Waals surface area contributed by atoms with Gasteiger partial charge in [-0.1, -0.05) is 20.8 Å². The topological polar surface area (TPSA) is 45.0 Å². The molecule has 4 atom stereocenters. The Balaban J connectivity index is 1.98. The highest BCUT2D eigenvalue weighted by molar-refractivity contribution is 5.11. The first-order valence-corrected chi connectivity index (χ1v) is 6.85. The van der Waals surface area contributed by atoms with Crippen molar-refractivity contribution in [2.75, 3.05) is 6.61 Å². The molecule has 17 heavy (non-hydrogen) atoms. The molecule has 0 aromatic carbocycles. The van der Waals surface area contributed by atoms with Crippen molar-refractivity contribution in [3.05, 3.63) is 0 Å². The highest BCUT2D eigenvalue weighted by Gasteiger charge is 2.57. The minimum absolute atomic E-state index is 0.216. The molecule has 0 amide bonds. The van der Waals surface area contributed by atoms with Crippen molar-refractivity contribution in [1.82, 2.24) is 5.32 Å². The average molecular weight is 236 g/mol. The van der Waals surface area contributed by atoms with Crippen LogP contribution in [0.15, 0.2) is 0 Å². The van der Waals surface area contributed by atoms with Gasteiger partial charge in [0, 0.05) is 30.0 Å². The first kappa shape index (κ1) is 12.9. The molecule has 0 aromatic rings. The molecular formula is C14H24N2O. The van der Waals surface area contributed by atoms with E-state index in [2.05, 4.69) is 32.2 Å². The zero-order valence-corrected chi connectivity index (χ0v) is 11.2. The molecule has 0 radical (unpaired) electrons. The summed E-state index contributed by atoms with van der Waals surface area (Å²) in [4.78, 5) is 0. The number of hydrogen-bond donors (Lipinski definition) is 1. The van der Waals surface area contributed by atoms with E-state index in [0.717, 1.165) is 13.0 Å². The number of nitrogens with zero attached hydrogens (tertiary/aromatic N) is 1. The van der Waals surface area contributed by atoms with Gasteiger partial charge in [-0.05, 0) is 19.3 Å². The lowest BCUT2D eigenvalue weighted by Gasteiger charge is -2.60. The Morgan fingerprint density at radius 2 is 2.29 bits per heavy atom. The molecule has 2 aliphatic rings. The van der Waals surface area contributed by atoms with Crippen LogP contribution in [-0.2, 0) is 4.74 Å². The zero-order chi connectivity index (χ0) is 12.5. The number of nitriles is 1. The summed E-state index contributed by atoms with van der Waals surface area (Å²) in [5.41, 5.74) is 0.216. The summed E-state index contributed by atoms with van der Waals surface area (Å²) in [6.07, 6.45) is 4.52. The van der Waals surface area contributed by atoms with Crippen molar-refractivity contribution in [1.29, 1.82) is 5.26 Å². The first-order valence-electron chi connectivity index (χ1n) is 6.85. The third-order valence-corrected chi connectivity index (χ3v) is 4.58. The second kappa shape index (κ2) is 4.96. The molecule has 2 fully saturated rings. The Morgan fingerprint density at radius 3 is 2.94 bits per heavy atom. The molecule has 1 saturated carbocycles. The van der Waals surface area contributed by atoms with E-state index in [1.807, 2.05) is 0 Å². The number of hydrogen-bond acceptors (Lipinski definition) is 3. The van der Waals surface area contributed by atoms with Gasteiger partial charge in [0.05, 0.1) is 18.6 Å². The maximum atomic E-state index is 8.82. The van der Waals surface area contributed by atoms with Crippen LogP contribution in [-0.4, -0.2) is 24.8 Å². The highest BCUT2D eigenvalue weighted by Crippen LogP contribution is 2.51. The van der Waals surface area contributed by atoms with Crippen molar-refractivity contribution in [2.45, 2.75) is 64.6 Å². The Hall–Kier alpha value is -0.590. The van der Waals surface area contributed by atoms with Crippen molar-refractivity contribution in [3.8, 4) is 6.07 Å². The quantitative estimate of drug-likeness (QED) is 0.815. The molecule has 1 aliphatic heterocycles. The lowest BCUT2D eigenvalue weighted by Crippen LogP contribution is -2.70. The summed E-state index contributed by atoms with van der Waals surface area (Å²) in [7, 11) is 0. The number of fused-ring (bicyclic) bond motifs is 1. The van der Waals surface area contributed by atoms with E-state index in [1.54, 1.807) is 0 Å². The van der Waals surface area contributed by atoms with Crippen LogP contribution < -0.4 is 5.32 Å². The van der Waals surface area contributed by atoms with Gasteiger partial charge in [0.2, 0.25) is 0 Å². The molecule has 1 heterocycles. The highest BCUT2D eigenvalue weighted by atomic mass is 16.5. The fourth-order valence-electron chi connectivity index (χ4n) is 3.55. The van der Waals surface area contributed by atoms with Crippen LogP contribution in [0.2, 0.25) is 0 Å². The third kappa shape index (κ3) is 2.21. The second-order valence-electron chi connectivity index (χ2n) is 6.03. The van der Waals surface area contributed by atoms with Gasteiger partial charge >= 0.3 is 0 Å². The van der Waals surface area contributed by atoms with Gasteiger partial charge in [0.15, 0.2) is 0 Å². The predicted molar refractivity (Wildman–Crippen MR) is 67.5 cm³/mol. The van der Waals surface area contributed by atoms with Gasteiger partial charge < -0.3 is 10.1 Å². The Labute approximate surface area is 105 Å². The van der Waals surface area contributed by atoms with E-state index in [9.17, 15) is 0 Å². The standard InChI is InChI=1S/C14H24N2O/c1-4-10(7-8-15)16-12-11-6-5-9-17-13(11)14(12,2)3/h10-13,16H,4-7,9H2,1-3H3. The van der Waals surface area contributed by atoms with Gasteiger partial charge in [-0.25, -0.2) is 0 Å². The van der Waals surface area contributed by atoms with Gasteiger partial charge in [0.25, 0.3) is 0 Å². The third-order valence-electron chi connectivity index (χ3n) is 4.58. The molecule has 3 nitrogen and oxygen atoms in total. The zero-order valence-electron chi connectivity index (χ0n) is 11.2. The molecule has 3 heteroatoms. The van der Waals surface area contributed by atoms with E-state index >= 15 is 0 Å². The van der Waals surface area contributed by atoms with E-state index < -0.39 is 0 Å². The number of nitrogens with one attached hydrogen (secondary N) is 1. The maximum Gasteiger partial charge on any atom is 0.0684 e. The Bertz CT molecular complexity index is 308. The summed E-state index contributed by atoms with van der Waals surface area (Å²) < 4.78 is 5.89. The molecule has 1 saturated heterocycles. The predicted octanol–water partition coefficient (Wildman–Crippen LogP) is 2.47. The van der Waals surface area contributed by atoms with Crippen LogP contribution in [0, 0.1) is 22.7 Å². The molecule has 96 valence electrons. The molecule has 1 N–H and O–H groups in total. The minimum Gasteiger partial charge on any atom is -0.377 e. The fourth-order valence-corrected chi connectivity index (χ4v) is 3.55. The SMILES string of the molecule is CCC(CC#N)NC1C2CCCOC2C1(C)C. The minimum atomic E-state index is 0.216. The molecule has 0 spiro atoms. The van der Waals surface area contributed by atoms with Gasteiger partial charge in [-0.2, -0.15) is 5.26 Å². The van der Waals surface area contributed by atoms with Crippen LogP contribution >= 0.6 is 0 Å². The average Bonchev–Trinajstić information content (AvgIpc) is 2.34. The van der Waals surface area contributed by atoms with E-state index in [0.29, 0.717) is 30.5 Å². The van der Waals surface area contributed by atoms with E-state index in [4.69, 9.17) is 10.00 Å². The van der Waals surface area contributed by atoms with E-state index in [-0.39, 0.29) is 5.41 Å². The lowest BCUT2D eigenvalue weighted by atomic mass is 9.55. The largest absolute Gasteiger partial charge is 0.377 e. The summed E-state index contributed by atoms with van der Waals surface area (Å²) in [5, 5.41) is 12.5. The Kier molecular flexibility index (Phi) is 3.75. The second-order valence-corrected chi connectivity index (χ2v) is 6.03.